The Kier molecular flexibility index (Phi) is 7.87. The van der Waals surface area contributed by atoms with Crippen molar-refractivity contribution < 1.29 is 61.5 Å². The van der Waals surface area contributed by atoms with Crippen molar-refractivity contribution >= 4 is 42.6 Å². The number of ketones is 2. The van der Waals surface area contributed by atoms with Gasteiger partial charge in [0, 0.05) is 16.4 Å². The van der Waals surface area contributed by atoms with Crippen molar-refractivity contribution in [2.24, 2.45) is 5.41 Å². The number of benzene rings is 2. The zero-order chi connectivity index (χ0) is 28.8. The molecule has 0 unspecified atom stereocenters. The van der Waals surface area contributed by atoms with Crippen molar-refractivity contribution in [2.45, 2.75) is 43.6 Å². The summed E-state index contributed by atoms with van der Waals surface area (Å²) < 4.78 is 140. The van der Waals surface area contributed by atoms with Gasteiger partial charge in [0.25, 0.3) is 0 Å². The fourth-order valence-electron chi connectivity index (χ4n) is 2.78. The maximum atomic E-state index is 14.2. The monoisotopic (exact) mass is 577 g/mol. The van der Waals surface area contributed by atoms with Crippen LogP contribution in [0.15, 0.2) is 36.4 Å². The van der Waals surface area contributed by atoms with E-state index in [0.717, 1.165) is 18.6 Å². The predicted molar refractivity (Wildman–Crippen MR) is 118 cm³/mol. The summed E-state index contributed by atoms with van der Waals surface area (Å²) >= 11 is 0. The smallest absolute Gasteiger partial charge is 0.377 e. The Morgan fingerprint density at radius 2 is 1.41 bits per heavy atom. The number of alkyl halides is 6. The van der Waals surface area contributed by atoms with Crippen LogP contribution in [0.1, 0.15) is 37.6 Å². The summed E-state index contributed by atoms with van der Waals surface area (Å²) in [4.78, 5) is 25.1. The van der Waals surface area contributed by atoms with Crippen LogP contribution in [0.2, 0.25) is 0 Å². The molecule has 37 heavy (non-hydrogen) atoms. The molecule has 0 aliphatic carbocycles. The van der Waals surface area contributed by atoms with Crippen LogP contribution in [0.25, 0.3) is 10.8 Å². The van der Waals surface area contributed by atoms with Gasteiger partial charge in [0.15, 0.2) is 11.5 Å². The fraction of sp³-hybridized carbons (Fsp3) is 0.381. The lowest BCUT2D eigenvalue weighted by atomic mass is 9.82. The minimum atomic E-state index is -7.20. The zero-order valence-electron chi connectivity index (χ0n) is 19.1. The van der Waals surface area contributed by atoms with Crippen LogP contribution in [0.3, 0.4) is 0 Å². The van der Waals surface area contributed by atoms with E-state index in [1.54, 1.807) is 20.8 Å². The average Bonchev–Trinajstić information content (AvgIpc) is 2.77. The molecule has 0 heterocycles. The van der Waals surface area contributed by atoms with E-state index < -0.39 is 64.8 Å². The third kappa shape index (κ3) is 5.18. The Morgan fingerprint density at radius 3 is 1.89 bits per heavy atom. The molecule has 0 aromatic heterocycles. The van der Waals surface area contributed by atoms with E-state index in [1.165, 1.54) is 18.2 Å². The molecule has 0 fully saturated rings. The molecule has 0 amide bonds. The van der Waals surface area contributed by atoms with E-state index in [1.807, 2.05) is 0 Å². The maximum Gasteiger partial charge on any atom is 0.450 e. The molecule has 0 aliphatic rings. The van der Waals surface area contributed by atoms with Crippen LogP contribution in [0.5, 0.6) is 5.75 Å². The van der Waals surface area contributed by atoms with E-state index in [-0.39, 0.29) is 10.9 Å². The lowest BCUT2D eigenvalue weighted by molar-refractivity contribution is -0.247. The first-order chi connectivity index (χ1) is 16.5. The Labute approximate surface area is 207 Å². The van der Waals surface area contributed by atoms with Gasteiger partial charge in [0.2, 0.25) is 0 Å². The first-order valence-corrected chi connectivity index (χ1v) is 12.9. The van der Waals surface area contributed by atoms with Gasteiger partial charge in [0.1, 0.15) is 5.78 Å². The summed E-state index contributed by atoms with van der Waals surface area (Å²) in [7, 11) is -14.3. The summed E-state index contributed by atoms with van der Waals surface area (Å²) in [5.41, 5.74) is -1.15. The Hall–Kier alpha value is -2.72. The molecular weight excluding hydrogens is 558 g/mol. The van der Waals surface area contributed by atoms with Crippen LogP contribution >= 0.6 is 0 Å². The molecule has 0 atom stereocenters. The van der Waals surface area contributed by atoms with Crippen molar-refractivity contribution in [1.29, 1.82) is 0 Å². The van der Waals surface area contributed by atoms with Gasteiger partial charge >= 0.3 is 36.7 Å². The molecule has 0 spiro atoms. The number of Topliss-reactive ketones (excluding diaryl/α,β-unsaturated/α-hetero) is 2. The highest BCUT2D eigenvalue weighted by Gasteiger charge is 2.83. The quantitative estimate of drug-likeness (QED) is 0.134. The van der Waals surface area contributed by atoms with Gasteiger partial charge in [0.05, 0.1) is 6.42 Å². The molecule has 0 saturated heterocycles. The molecule has 2 rings (SSSR count). The molecule has 16 heteroatoms. The Morgan fingerprint density at radius 1 is 0.892 bits per heavy atom. The van der Waals surface area contributed by atoms with Crippen LogP contribution in [0.4, 0.5) is 26.3 Å². The number of fused-ring (bicyclic) bond motifs is 1. The molecular formula is C21H19F6O8S2. The molecule has 2 aromatic carbocycles. The van der Waals surface area contributed by atoms with Gasteiger partial charge in [-0.2, -0.15) is 43.2 Å². The topological polar surface area (TPSA) is 132 Å². The zero-order valence-corrected chi connectivity index (χ0v) is 20.8. The van der Waals surface area contributed by atoms with Crippen molar-refractivity contribution in [3.8, 4) is 5.75 Å². The van der Waals surface area contributed by atoms with E-state index in [9.17, 15) is 52.8 Å². The molecule has 0 aliphatic heterocycles. The lowest BCUT2D eigenvalue weighted by Gasteiger charge is -2.29. The van der Waals surface area contributed by atoms with Crippen molar-refractivity contribution in [1.82, 2.24) is 0 Å². The van der Waals surface area contributed by atoms with Crippen LogP contribution in [-0.4, -0.2) is 49.4 Å². The lowest BCUT2D eigenvalue weighted by Crippen LogP contribution is -2.61. The van der Waals surface area contributed by atoms with Gasteiger partial charge < -0.3 is 4.18 Å². The van der Waals surface area contributed by atoms with E-state index >= 15 is 0 Å². The number of halogens is 6. The first-order valence-electron chi connectivity index (χ1n) is 10.0. The first kappa shape index (κ1) is 30.5. The molecule has 2 aromatic rings. The van der Waals surface area contributed by atoms with Gasteiger partial charge in [-0.3, -0.25) is 14.1 Å². The summed E-state index contributed by atoms with van der Waals surface area (Å²) in [6.07, 6.45) is 1.13. The molecule has 8 nitrogen and oxygen atoms in total. The summed E-state index contributed by atoms with van der Waals surface area (Å²) in [6, 6.07) is 6.09. The maximum absolute atomic E-state index is 14.2. The summed E-state index contributed by atoms with van der Waals surface area (Å²) in [5.74, 6) is -9.73. The third-order valence-corrected chi connectivity index (χ3v) is 7.72. The second-order valence-corrected chi connectivity index (χ2v) is 11.4. The number of hydrogen-bond donors (Lipinski definition) is 1. The highest BCUT2D eigenvalue weighted by atomic mass is 32.2. The highest BCUT2D eigenvalue weighted by molar-refractivity contribution is 7.88. The molecule has 205 valence electrons. The van der Waals surface area contributed by atoms with Gasteiger partial charge in [-0.15, -0.1) is 0 Å². The van der Waals surface area contributed by atoms with Gasteiger partial charge in [-0.25, -0.2) is 0 Å². The summed E-state index contributed by atoms with van der Waals surface area (Å²) in [5, 5.41) is -14.4. The third-order valence-electron chi connectivity index (χ3n) is 5.53. The molecule has 0 saturated carbocycles. The standard InChI is InChI=1S/C21H19F6O8S2/c1-4-18(2,3)17(29)11-15(28)13-9-10-16(14-8-6-5-7-12(13)14)35-37(33,34)21(26,27)19(22,23)20(24,25)36(30,31)32/h5-11H,4H2,1-3H3,(H,30,31,32). The minimum Gasteiger partial charge on any atom is -0.377 e. The van der Waals surface area contributed by atoms with E-state index in [2.05, 4.69) is 4.18 Å². The van der Waals surface area contributed by atoms with E-state index in [4.69, 9.17) is 4.55 Å². The minimum absolute atomic E-state index is 0.183. The Bertz CT molecular complexity index is 1450. The highest BCUT2D eigenvalue weighted by Crippen LogP contribution is 2.51. The van der Waals surface area contributed by atoms with Crippen molar-refractivity contribution in [3.63, 3.8) is 0 Å². The number of rotatable bonds is 11. The van der Waals surface area contributed by atoms with Crippen LogP contribution in [0, 0.1) is 11.8 Å². The van der Waals surface area contributed by atoms with Crippen LogP contribution < -0.4 is 4.18 Å². The fourth-order valence-corrected chi connectivity index (χ4v) is 4.23. The second kappa shape index (κ2) is 9.54. The largest absolute Gasteiger partial charge is 0.450 e. The number of carbonyl (C=O) groups excluding carboxylic acids is 2. The predicted octanol–water partition coefficient (Wildman–Crippen LogP) is 4.65. The van der Waals surface area contributed by atoms with Gasteiger partial charge in [-0.1, -0.05) is 45.0 Å². The van der Waals surface area contributed by atoms with Crippen LogP contribution in [-0.2, 0) is 25.0 Å². The SMILES string of the molecule is CCC(C)(C)C(=O)[CH]C(=O)c1ccc(OS(=O)(=O)C(F)(F)C(F)(F)C(F)(F)S(=O)(=O)O)c2ccccc12. The summed E-state index contributed by atoms with van der Waals surface area (Å²) in [6.45, 7) is 4.84. The number of carbonyl (C=O) groups is 2. The van der Waals surface area contributed by atoms with Crippen molar-refractivity contribution in [2.75, 3.05) is 0 Å². The Balaban J connectivity index is 2.57. The molecule has 0 bridgehead atoms. The van der Waals surface area contributed by atoms with Crippen molar-refractivity contribution in [3.05, 3.63) is 48.4 Å². The van der Waals surface area contributed by atoms with E-state index in [0.29, 0.717) is 12.5 Å². The average molecular weight is 577 g/mol. The number of hydrogen-bond acceptors (Lipinski definition) is 7. The molecule has 1 radical (unpaired) electrons. The molecule has 1 N–H and O–H groups in total. The second-order valence-electron chi connectivity index (χ2n) is 8.39. The normalized spacial score (nSPS) is 14.0. The van der Waals surface area contributed by atoms with Gasteiger partial charge in [-0.05, 0) is 23.9 Å².